The first-order valence-corrected chi connectivity index (χ1v) is 13.6. The average Bonchev–Trinajstić information content (AvgIpc) is 2.94. The van der Waals surface area contributed by atoms with Crippen molar-refractivity contribution in [3.05, 3.63) is 51.9 Å². The summed E-state index contributed by atoms with van der Waals surface area (Å²) in [7, 11) is 6.46. The number of aromatic hydroxyl groups is 1. The number of nitrogens with zero attached hydrogens (tertiary/aromatic N) is 1. The first-order chi connectivity index (χ1) is 19.9. The van der Waals surface area contributed by atoms with Gasteiger partial charge in [-0.05, 0) is 63.3 Å². The molecule has 3 N–H and O–H groups in total. The van der Waals surface area contributed by atoms with Crippen LogP contribution in [-0.2, 0) is 14.3 Å². The number of fused-ring (bicyclic) bond motifs is 5. The summed E-state index contributed by atoms with van der Waals surface area (Å²) in [5.74, 6) is -0.00935. The van der Waals surface area contributed by atoms with Crippen LogP contribution in [0.5, 0.6) is 17.2 Å². The minimum absolute atomic E-state index is 0.129. The number of likely N-dealkylation sites (N-methyl/N-ethyl adjacent to an activating group) is 1. The zero-order chi connectivity index (χ0) is 30.6. The Bertz CT molecular complexity index is 1740. The highest BCUT2D eigenvalue weighted by atomic mass is 16.6. The number of hydrogen-bond acceptors (Lipinski definition) is 11. The van der Waals surface area contributed by atoms with E-state index in [0.29, 0.717) is 33.0 Å². The van der Waals surface area contributed by atoms with Crippen LogP contribution in [0.1, 0.15) is 44.1 Å². The number of aliphatic hydroxyl groups excluding tert-OH is 2. The molecule has 0 spiro atoms. The highest BCUT2D eigenvalue weighted by Gasteiger charge is 2.47. The van der Waals surface area contributed by atoms with E-state index in [1.807, 2.05) is 0 Å². The number of ether oxygens (including phenoxy) is 4. The standard InChI is InChI=1S/C31H35NO10/c1-13(33)16-10-19-23(21(11-16)38-6)18-12-22(39-7)25-20(35)9-8-17(24(25)29(18)42-31(19)37)30-27(36)26(32(4)5)28(14(2)40-30)41-15(3)34/h8-14,26-28,30,33,35-36H,1-7H3. The normalized spacial score (nSPS) is 23.4. The number of phenols is 1. The summed E-state index contributed by atoms with van der Waals surface area (Å²) in [5.41, 5.74) is 0.353. The van der Waals surface area contributed by atoms with Gasteiger partial charge in [-0.15, -0.1) is 0 Å². The van der Waals surface area contributed by atoms with Gasteiger partial charge in [-0.25, -0.2) is 4.79 Å². The number of hydrogen-bond donors (Lipinski definition) is 3. The van der Waals surface area contributed by atoms with E-state index in [1.54, 1.807) is 57.1 Å². The van der Waals surface area contributed by atoms with Crippen LogP contribution in [0.2, 0.25) is 0 Å². The topological polar surface area (TPSA) is 148 Å². The van der Waals surface area contributed by atoms with E-state index in [2.05, 4.69) is 0 Å². The maximum Gasteiger partial charge on any atom is 0.344 e. The molecule has 3 aromatic carbocycles. The summed E-state index contributed by atoms with van der Waals surface area (Å²) in [6.45, 7) is 4.63. The molecule has 1 aliphatic rings. The molecule has 0 radical (unpaired) electrons. The third-order valence-electron chi connectivity index (χ3n) is 7.97. The van der Waals surface area contributed by atoms with Gasteiger partial charge in [0.2, 0.25) is 0 Å². The van der Waals surface area contributed by atoms with E-state index in [4.69, 9.17) is 23.4 Å². The molecule has 11 heteroatoms. The van der Waals surface area contributed by atoms with Gasteiger partial charge in [0.1, 0.15) is 41.1 Å². The van der Waals surface area contributed by atoms with Crippen molar-refractivity contribution in [2.75, 3.05) is 28.3 Å². The molecule has 1 fully saturated rings. The number of esters is 1. The van der Waals surface area contributed by atoms with Gasteiger partial charge in [-0.3, -0.25) is 4.79 Å². The molecule has 1 aromatic heterocycles. The van der Waals surface area contributed by atoms with Gasteiger partial charge < -0.3 is 43.6 Å². The number of methoxy groups -OCH3 is 2. The molecule has 2 heterocycles. The van der Waals surface area contributed by atoms with E-state index in [-0.39, 0.29) is 27.9 Å². The maximum atomic E-state index is 13.5. The quantitative estimate of drug-likeness (QED) is 0.174. The fourth-order valence-electron chi connectivity index (χ4n) is 6.07. The Morgan fingerprint density at radius 2 is 1.69 bits per heavy atom. The molecule has 0 aliphatic carbocycles. The van der Waals surface area contributed by atoms with E-state index >= 15 is 0 Å². The third kappa shape index (κ3) is 4.72. The lowest BCUT2D eigenvalue weighted by Gasteiger charge is -2.46. The molecule has 5 rings (SSSR count). The molecule has 1 saturated heterocycles. The van der Waals surface area contributed by atoms with Crippen molar-refractivity contribution in [3.8, 4) is 17.2 Å². The molecule has 6 atom stereocenters. The second-order valence-electron chi connectivity index (χ2n) is 10.9. The van der Waals surface area contributed by atoms with Crippen LogP contribution in [0.4, 0.5) is 0 Å². The van der Waals surface area contributed by atoms with Crippen LogP contribution in [0.3, 0.4) is 0 Å². The number of carbonyl (C=O) groups excluding carboxylic acids is 1. The fraction of sp³-hybridized carbons (Fsp3) is 0.419. The second-order valence-corrected chi connectivity index (χ2v) is 10.9. The first-order valence-electron chi connectivity index (χ1n) is 13.6. The van der Waals surface area contributed by atoms with Crippen LogP contribution in [0.15, 0.2) is 39.5 Å². The minimum atomic E-state index is -1.19. The fourth-order valence-corrected chi connectivity index (χ4v) is 6.07. The van der Waals surface area contributed by atoms with Crippen molar-refractivity contribution < 1.29 is 43.5 Å². The minimum Gasteiger partial charge on any atom is -0.507 e. The number of aliphatic hydroxyl groups is 2. The molecular formula is C31H35NO10. The molecule has 0 amide bonds. The molecule has 0 saturated carbocycles. The molecule has 0 bridgehead atoms. The highest BCUT2D eigenvalue weighted by molar-refractivity contribution is 6.19. The Hall–Kier alpha value is -3.90. The molecule has 6 unspecified atom stereocenters. The highest BCUT2D eigenvalue weighted by Crippen LogP contribution is 2.47. The molecule has 42 heavy (non-hydrogen) atoms. The summed E-state index contributed by atoms with van der Waals surface area (Å²) < 4.78 is 29.2. The summed E-state index contributed by atoms with van der Waals surface area (Å²) >= 11 is 0. The van der Waals surface area contributed by atoms with Crippen molar-refractivity contribution in [3.63, 3.8) is 0 Å². The first kappa shape index (κ1) is 29.6. The SMILES string of the molecule is COc1cc2c(oc(=O)c3cc(C(C)O)cc(OC)c32)c2c(C3OC(C)C(OC(C)=O)C(N(C)C)C3O)ccc(O)c12. The van der Waals surface area contributed by atoms with E-state index in [9.17, 15) is 24.9 Å². The van der Waals surface area contributed by atoms with Gasteiger partial charge in [0.05, 0.1) is 43.2 Å². The molecule has 11 nitrogen and oxygen atoms in total. The number of benzene rings is 3. The summed E-state index contributed by atoms with van der Waals surface area (Å²) in [6, 6.07) is 7.28. The van der Waals surface area contributed by atoms with Crippen molar-refractivity contribution in [2.45, 2.75) is 57.3 Å². The average molecular weight is 582 g/mol. The monoisotopic (exact) mass is 581 g/mol. The maximum absolute atomic E-state index is 13.5. The van der Waals surface area contributed by atoms with Crippen LogP contribution in [0.25, 0.3) is 32.5 Å². The number of phenolic OH excluding ortho intramolecular Hbond substituents is 1. The predicted molar refractivity (Wildman–Crippen MR) is 155 cm³/mol. The Kier molecular flexibility index (Phi) is 7.80. The third-order valence-corrected chi connectivity index (χ3v) is 7.97. The predicted octanol–water partition coefficient (Wildman–Crippen LogP) is 3.56. The van der Waals surface area contributed by atoms with Crippen LogP contribution in [0, 0.1) is 0 Å². The lowest BCUT2D eigenvalue weighted by atomic mass is 9.86. The second kappa shape index (κ2) is 11.1. The van der Waals surface area contributed by atoms with Gasteiger partial charge >= 0.3 is 11.6 Å². The Morgan fingerprint density at radius 1 is 1.02 bits per heavy atom. The summed E-state index contributed by atoms with van der Waals surface area (Å²) in [4.78, 5) is 27.1. The lowest BCUT2D eigenvalue weighted by Crippen LogP contribution is -2.60. The Labute approximate surface area is 241 Å². The zero-order valence-corrected chi connectivity index (χ0v) is 24.5. The lowest BCUT2D eigenvalue weighted by molar-refractivity contribution is -0.212. The van der Waals surface area contributed by atoms with Crippen LogP contribution >= 0.6 is 0 Å². The summed E-state index contributed by atoms with van der Waals surface area (Å²) in [5, 5.41) is 34.6. The Balaban J connectivity index is 1.87. The van der Waals surface area contributed by atoms with E-state index in [0.717, 1.165) is 0 Å². The number of rotatable bonds is 6. The van der Waals surface area contributed by atoms with Crippen molar-refractivity contribution in [1.29, 1.82) is 0 Å². The van der Waals surface area contributed by atoms with Gasteiger partial charge in [0, 0.05) is 23.1 Å². The van der Waals surface area contributed by atoms with Crippen molar-refractivity contribution in [1.82, 2.24) is 4.90 Å². The van der Waals surface area contributed by atoms with Crippen LogP contribution < -0.4 is 15.1 Å². The molecule has 1 aliphatic heterocycles. The van der Waals surface area contributed by atoms with Gasteiger partial charge in [-0.2, -0.15) is 0 Å². The van der Waals surface area contributed by atoms with Gasteiger partial charge in [0.15, 0.2) is 0 Å². The van der Waals surface area contributed by atoms with Crippen molar-refractivity contribution in [2.24, 2.45) is 0 Å². The number of carbonyl (C=O) groups is 1. The van der Waals surface area contributed by atoms with Crippen molar-refractivity contribution >= 4 is 38.5 Å². The molecule has 4 aromatic rings. The molecule has 224 valence electrons. The smallest absolute Gasteiger partial charge is 0.344 e. The van der Waals surface area contributed by atoms with E-state index in [1.165, 1.54) is 27.2 Å². The summed E-state index contributed by atoms with van der Waals surface area (Å²) in [6.07, 6.45) is -4.40. The largest absolute Gasteiger partial charge is 0.507 e. The van der Waals surface area contributed by atoms with Gasteiger partial charge in [0.25, 0.3) is 0 Å². The van der Waals surface area contributed by atoms with Gasteiger partial charge in [-0.1, -0.05) is 6.07 Å². The van der Waals surface area contributed by atoms with Crippen LogP contribution in [-0.4, -0.2) is 78.9 Å². The Morgan fingerprint density at radius 3 is 2.29 bits per heavy atom. The zero-order valence-electron chi connectivity index (χ0n) is 24.5. The van der Waals surface area contributed by atoms with E-state index < -0.39 is 48.2 Å². The molecular weight excluding hydrogens is 546 g/mol.